The Bertz CT molecular complexity index is 312. The zero-order valence-corrected chi connectivity index (χ0v) is 8.39. The normalized spacial score (nSPS) is 11.0. The fourth-order valence-corrected chi connectivity index (χ4v) is 1.08. The summed E-state index contributed by atoms with van der Waals surface area (Å²) in [7, 11) is 0. The molecule has 0 atom stereocenters. The molecule has 1 aromatic heterocycles. The van der Waals surface area contributed by atoms with Crippen molar-refractivity contribution < 1.29 is 8.78 Å². The van der Waals surface area contributed by atoms with Crippen LogP contribution < -0.4 is 0 Å². The van der Waals surface area contributed by atoms with Gasteiger partial charge in [0.05, 0.1) is 0 Å². The molecular formula is C9H8BrF2N. The van der Waals surface area contributed by atoms with Gasteiger partial charge in [0.2, 0.25) is 11.9 Å². The summed E-state index contributed by atoms with van der Waals surface area (Å²) in [6, 6.07) is 2.50. The van der Waals surface area contributed by atoms with Crippen molar-refractivity contribution in [1.29, 1.82) is 0 Å². The number of hydrogen-bond acceptors (Lipinski definition) is 1. The molecule has 0 N–H and O–H groups in total. The van der Waals surface area contributed by atoms with Crippen LogP contribution in [0.5, 0.6) is 0 Å². The number of allylic oxidation sites excluding steroid dienone is 1. The summed E-state index contributed by atoms with van der Waals surface area (Å²) in [6.07, 6.45) is 4.19. The van der Waals surface area contributed by atoms with Gasteiger partial charge in [-0.05, 0) is 18.6 Å². The lowest BCUT2D eigenvalue weighted by molar-refractivity contribution is 0.511. The summed E-state index contributed by atoms with van der Waals surface area (Å²) in [5, 5.41) is 0.819. The highest BCUT2D eigenvalue weighted by Crippen LogP contribution is 2.08. The van der Waals surface area contributed by atoms with E-state index in [0.29, 0.717) is 5.56 Å². The van der Waals surface area contributed by atoms with Crippen LogP contribution in [0.4, 0.5) is 8.78 Å². The van der Waals surface area contributed by atoms with E-state index in [1.807, 2.05) is 0 Å². The van der Waals surface area contributed by atoms with Gasteiger partial charge in [0.15, 0.2) is 0 Å². The second-order valence-electron chi connectivity index (χ2n) is 2.39. The number of pyridine rings is 1. The highest BCUT2D eigenvalue weighted by molar-refractivity contribution is 9.09. The second kappa shape index (κ2) is 5.07. The largest absolute Gasteiger partial charge is 0.222 e. The highest BCUT2D eigenvalue weighted by atomic mass is 79.9. The first-order valence-electron chi connectivity index (χ1n) is 3.78. The van der Waals surface area contributed by atoms with Gasteiger partial charge in [0, 0.05) is 10.9 Å². The van der Waals surface area contributed by atoms with Gasteiger partial charge in [-0.2, -0.15) is 13.8 Å². The fraction of sp³-hybridized carbons (Fsp3) is 0.222. The van der Waals surface area contributed by atoms with Gasteiger partial charge >= 0.3 is 0 Å². The predicted molar refractivity (Wildman–Crippen MR) is 51.6 cm³/mol. The van der Waals surface area contributed by atoms with Gasteiger partial charge < -0.3 is 0 Å². The van der Waals surface area contributed by atoms with Crippen LogP contribution in [0.15, 0.2) is 18.2 Å². The maximum atomic E-state index is 12.9. The molecule has 1 heterocycles. The molecule has 70 valence electrons. The number of rotatable bonds is 3. The zero-order valence-electron chi connectivity index (χ0n) is 6.80. The second-order valence-corrected chi connectivity index (χ2v) is 3.19. The standard InChI is InChI=1S/C9H8BrF2N/c10-6-2-1-3-7-4-5-8(11)13-9(7)12/h1,3-5H,2,6H2. The van der Waals surface area contributed by atoms with Crippen molar-refractivity contribution in [3.63, 3.8) is 0 Å². The SMILES string of the molecule is Fc1ccc(C=CCCBr)c(F)n1. The van der Waals surface area contributed by atoms with Crippen LogP contribution in [0.3, 0.4) is 0 Å². The molecular weight excluding hydrogens is 240 g/mol. The van der Waals surface area contributed by atoms with Gasteiger partial charge in [-0.1, -0.05) is 28.1 Å². The van der Waals surface area contributed by atoms with E-state index < -0.39 is 11.9 Å². The molecule has 1 rings (SSSR count). The Kier molecular flexibility index (Phi) is 4.02. The van der Waals surface area contributed by atoms with Crippen molar-refractivity contribution in [2.45, 2.75) is 6.42 Å². The van der Waals surface area contributed by atoms with Gasteiger partial charge in [0.25, 0.3) is 0 Å². The average Bonchev–Trinajstić information content (AvgIpc) is 2.09. The van der Waals surface area contributed by atoms with Gasteiger partial charge in [0.1, 0.15) is 0 Å². The van der Waals surface area contributed by atoms with Gasteiger partial charge in [-0.25, -0.2) is 0 Å². The van der Waals surface area contributed by atoms with E-state index in [4.69, 9.17) is 0 Å². The summed E-state index contributed by atoms with van der Waals surface area (Å²) in [5.74, 6) is -1.57. The third kappa shape index (κ3) is 3.22. The highest BCUT2D eigenvalue weighted by Gasteiger charge is 2.00. The Hall–Kier alpha value is -0.770. The van der Waals surface area contributed by atoms with E-state index in [-0.39, 0.29) is 0 Å². The molecule has 0 aliphatic heterocycles. The van der Waals surface area contributed by atoms with Crippen molar-refractivity contribution >= 4 is 22.0 Å². The van der Waals surface area contributed by atoms with E-state index in [2.05, 4.69) is 20.9 Å². The molecule has 1 aromatic rings. The van der Waals surface area contributed by atoms with Crippen LogP contribution in [0, 0.1) is 11.9 Å². The molecule has 4 heteroatoms. The lowest BCUT2D eigenvalue weighted by atomic mass is 10.2. The minimum absolute atomic E-state index is 0.308. The van der Waals surface area contributed by atoms with Crippen molar-refractivity contribution in [1.82, 2.24) is 4.98 Å². The number of hydrogen-bond donors (Lipinski definition) is 0. The minimum Gasteiger partial charge on any atom is -0.190 e. The third-order valence-electron chi connectivity index (χ3n) is 1.42. The molecule has 0 saturated carbocycles. The maximum Gasteiger partial charge on any atom is 0.222 e. The summed E-state index contributed by atoms with van der Waals surface area (Å²) in [5.41, 5.74) is 0.308. The van der Waals surface area contributed by atoms with Gasteiger partial charge in [-0.3, -0.25) is 0 Å². The van der Waals surface area contributed by atoms with E-state index >= 15 is 0 Å². The number of halogens is 3. The number of aromatic nitrogens is 1. The van der Waals surface area contributed by atoms with Crippen LogP contribution in [0.1, 0.15) is 12.0 Å². The quantitative estimate of drug-likeness (QED) is 0.591. The average molecular weight is 248 g/mol. The number of alkyl halides is 1. The smallest absolute Gasteiger partial charge is 0.190 e. The van der Waals surface area contributed by atoms with Crippen molar-refractivity contribution in [2.75, 3.05) is 5.33 Å². The maximum absolute atomic E-state index is 12.9. The Morgan fingerprint density at radius 2 is 2.15 bits per heavy atom. The van der Waals surface area contributed by atoms with E-state index in [9.17, 15) is 8.78 Å². The van der Waals surface area contributed by atoms with Crippen LogP contribution in [-0.2, 0) is 0 Å². The lowest BCUT2D eigenvalue weighted by Crippen LogP contribution is -1.90. The zero-order chi connectivity index (χ0) is 9.68. The summed E-state index contributed by atoms with van der Waals surface area (Å²) >= 11 is 3.23. The van der Waals surface area contributed by atoms with Crippen molar-refractivity contribution in [2.24, 2.45) is 0 Å². The predicted octanol–water partition coefficient (Wildman–Crippen LogP) is 3.16. The van der Waals surface area contributed by atoms with E-state index in [1.165, 1.54) is 6.07 Å². The first kappa shape index (κ1) is 10.3. The fourth-order valence-electron chi connectivity index (χ4n) is 0.821. The van der Waals surface area contributed by atoms with Gasteiger partial charge in [-0.15, -0.1) is 0 Å². The summed E-state index contributed by atoms with van der Waals surface area (Å²) in [4.78, 5) is 3.06. The molecule has 0 saturated heterocycles. The molecule has 0 spiro atoms. The van der Waals surface area contributed by atoms with Crippen LogP contribution >= 0.6 is 15.9 Å². The molecule has 0 aliphatic rings. The first-order chi connectivity index (χ1) is 6.24. The minimum atomic E-state index is -0.796. The van der Waals surface area contributed by atoms with E-state index in [1.54, 1.807) is 12.2 Å². The van der Waals surface area contributed by atoms with Crippen LogP contribution in [-0.4, -0.2) is 10.3 Å². The molecule has 13 heavy (non-hydrogen) atoms. The van der Waals surface area contributed by atoms with Crippen molar-refractivity contribution in [3.05, 3.63) is 35.7 Å². The molecule has 0 unspecified atom stereocenters. The first-order valence-corrected chi connectivity index (χ1v) is 4.90. The Morgan fingerprint density at radius 1 is 1.38 bits per heavy atom. The van der Waals surface area contributed by atoms with Crippen LogP contribution in [0.25, 0.3) is 6.08 Å². The molecule has 1 nitrogen and oxygen atoms in total. The molecule has 0 bridgehead atoms. The molecule has 0 aromatic carbocycles. The molecule has 0 radical (unpaired) electrons. The summed E-state index contributed by atoms with van der Waals surface area (Å²) < 4.78 is 25.2. The summed E-state index contributed by atoms with van der Waals surface area (Å²) in [6.45, 7) is 0. The molecule has 0 amide bonds. The van der Waals surface area contributed by atoms with Crippen LogP contribution in [0.2, 0.25) is 0 Å². The molecule has 0 fully saturated rings. The molecule has 0 aliphatic carbocycles. The van der Waals surface area contributed by atoms with E-state index in [0.717, 1.165) is 17.8 Å². The topological polar surface area (TPSA) is 12.9 Å². The Labute approximate surface area is 83.6 Å². The Balaban J connectivity index is 2.77. The Morgan fingerprint density at radius 3 is 2.77 bits per heavy atom. The van der Waals surface area contributed by atoms with Crippen molar-refractivity contribution in [3.8, 4) is 0 Å². The lowest BCUT2D eigenvalue weighted by Gasteiger charge is -1.94. The third-order valence-corrected chi connectivity index (χ3v) is 1.87. The number of nitrogens with zero attached hydrogens (tertiary/aromatic N) is 1. The monoisotopic (exact) mass is 247 g/mol.